The van der Waals surface area contributed by atoms with Crippen molar-refractivity contribution in [2.75, 3.05) is 25.5 Å². The van der Waals surface area contributed by atoms with E-state index in [0.29, 0.717) is 40.6 Å². The number of halogens is 1. The number of amides is 1. The highest BCUT2D eigenvalue weighted by Gasteiger charge is 2.32. The van der Waals surface area contributed by atoms with E-state index in [0.717, 1.165) is 24.2 Å². The molecule has 0 radical (unpaired) electrons. The summed E-state index contributed by atoms with van der Waals surface area (Å²) in [7, 11) is -2.37. The highest BCUT2D eigenvalue weighted by atomic mass is 35.5. The lowest BCUT2D eigenvalue weighted by Crippen LogP contribution is -2.28. The van der Waals surface area contributed by atoms with Crippen LogP contribution in [0.2, 0.25) is 5.02 Å². The van der Waals surface area contributed by atoms with Crippen LogP contribution in [-0.4, -0.2) is 53.4 Å². The summed E-state index contributed by atoms with van der Waals surface area (Å²) in [6.07, 6.45) is 1.62. The fourth-order valence-corrected chi connectivity index (χ4v) is 6.47. The summed E-state index contributed by atoms with van der Waals surface area (Å²) in [5, 5.41) is 7.78. The summed E-state index contributed by atoms with van der Waals surface area (Å²) in [6.45, 7) is 4.63. The maximum absolute atomic E-state index is 13.5. The van der Waals surface area contributed by atoms with Crippen molar-refractivity contribution in [3.8, 4) is 16.9 Å². The van der Waals surface area contributed by atoms with E-state index in [-0.39, 0.29) is 16.3 Å². The Morgan fingerprint density at radius 2 is 1.81 bits per heavy atom. The number of hydrogen-bond acceptors (Lipinski definition) is 6. The van der Waals surface area contributed by atoms with Crippen LogP contribution in [0.15, 0.2) is 53.4 Å². The fraction of sp³-hybridized carbons (Fsp3) is 0.269. The molecule has 0 bridgehead atoms. The van der Waals surface area contributed by atoms with Crippen LogP contribution in [0.4, 0.5) is 5.69 Å². The lowest BCUT2D eigenvalue weighted by Gasteiger charge is -2.18. The van der Waals surface area contributed by atoms with Crippen LogP contribution in [0.25, 0.3) is 16.8 Å². The molecule has 0 aliphatic carbocycles. The van der Waals surface area contributed by atoms with E-state index in [1.165, 1.54) is 17.5 Å². The largest absolute Gasteiger partial charge is 0.495 e. The standard InChI is InChI=1S/C26H26ClN5O4S/c1-16-14-17(2)32-25(28-16)23(24(30-32)26(33)29-20-9-5-4-8-19(20)27)18-10-11-21(36-3)22(15-18)37(34,35)31-12-6-7-13-31/h4-5,8-11,14-15H,6-7,12-13H2,1-3H3,(H,29,33). The second kappa shape index (κ2) is 9.77. The summed E-state index contributed by atoms with van der Waals surface area (Å²) >= 11 is 6.27. The SMILES string of the molecule is COc1ccc(-c2c(C(=O)Nc3ccccc3Cl)nn3c(C)cc(C)nc23)cc1S(=O)(=O)N1CCCC1. The maximum Gasteiger partial charge on any atom is 0.276 e. The quantitative estimate of drug-likeness (QED) is 0.380. The molecule has 2 aromatic heterocycles. The smallest absolute Gasteiger partial charge is 0.276 e. The van der Waals surface area contributed by atoms with Gasteiger partial charge in [0, 0.05) is 24.5 Å². The van der Waals surface area contributed by atoms with Gasteiger partial charge in [0.2, 0.25) is 10.0 Å². The highest BCUT2D eigenvalue weighted by Crippen LogP contribution is 2.36. The number of para-hydroxylation sites is 1. The molecule has 1 aliphatic rings. The number of nitrogens with one attached hydrogen (secondary N) is 1. The second-order valence-corrected chi connectivity index (χ2v) is 11.2. The fourth-order valence-electron chi connectivity index (χ4n) is 4.59. The lowest BCUT2D eigenvalue weighted by atomic mass is 10.0. The normalized spacial score (nSPS) is 14.3. The third kappa shape index (κ3) is 4.56. The number of ether oxygens (including phenoxy) is 1. The third-order valence-electron chi connectivity index (χ3n) is 6.37. The number of anilines is 1. The van der Waals surface area contributed by atoms with Gasteiger partial charge in [-0.2, -0.15) is 9.40 Å². The van der Waals surface area contributed by atoms with Crippen LogP contribution in [0.1, 0.15) is 34.7 Å². The molecule has 192 valence electrons. The molecule has 3 heterocycles. The van der Waals surface area contributed by atoms with Crippen LogP contribution < -0.4 is 10.1 Å². The zero-order chi connectivity index (χ0) is 26.3. The molecule has 1 amide bonds. The van der Waals surface area contributed by atoms with E-state index in [4.69, 9.17) is 16.3 Å². The molecule has 0 atom stereocenters. The van der Waals surface area contributed by atoms with Crippen LogP contribution in [0, 0.1) is 13.8 Å². The topological polar surface area (TPSA) is 106 Å². The van der Waals surface area contributed by atoms with Gasteiger partial charge in [-0.1, -0.05) is 29.8 Å². The van der Waals surface area contributed by atoms with Gasteiger partial charge in [-0.3, -0.25) is 4.79 Å². The van der Waals surface area contributed by atoms with Crippen LogP contribution >= 0.6 is 11.6 Å². The van der Waals surface area contributed by atoms with Crippen molar-refractivity contribution in [3.63, 3.8) is 0 Å². The van der Waals surface area contributed by atoms with E-state index in [9.17, 15) is 13.2 Å². The number of hydrogen-bond donors (Lipinski definition) is 1. The molecule has 11 heteroatoms. The number of aryl methyl sites for hydroxylation is 2. The average molecular weight is 540 g/mol. The Kier molecular flexibility index (Phi) is 6.65. The predicted molar refractivity (Wildman–Crippen MR) is 142 cm³/mol. The molecular formula is C26H26ClN5O4S. The minimum absolute atomic E-state index is 0.0376. The van der Waals surface area contributed by atoms with Gasteiger partial charge in [-0.15, -0.1) is 0 Å². The minimum Gasteiger partial charge on any atom is -0.495 e. The molecule has 4 aromatic rings. The van der Waals surface area contributed by atoms with E-state index in [1.54, 1.807) is 40.9 Å². The second-order valence-electron chi connectivity index (χ2n) is 8.91. The molecule has 37 heavy (non-hydrogen) atoms. The Balaban J connectivity index is 1.71. The molecule has 1 fully saturated rings. The van der Waals surface area contributed by atoms with Crippen molar-refractivity contribution in [2.24, 2.45) is 0 Å². The first-order valence-corrected chi connectivity index (χ1v) is 13.6. The van der Waals surface area contributed by atoms with Gasteiger partial charge < -0.3 is 10.1 Å². The number of nitrogens with zero attached hydrogens (tertiary/aromatic N) is 4. The monoisotopic (exact) mass is 539 g/mol. The number of carbonyl (C=O) groups excluding carboxylic acids is 1. The summed E-state index contributed by atoms with van der Waals surface area (Å²) in [4.78, 5) is 18.2. The molecular weight excluding hydrogens is 514 g/mol. The molecule has 1 aliphatic heterocycles. The molecule has 0 spiro atoms. The number of rotatable bonds is 6. The summed E-state index contributed by atoms with van der Waals surface area (Å²) in [5.74, 6) is -0.264. The van der Waals surface area contributed by atoms with Gasteiger partial charge in [-0.05, 0) is 62.6 Å². The van der Waals surface area contributed by atoms with Gasteiger partial charge in [0.1, 0.15) is 10.6 Å². The van der Waals surface area contributed by atoms with Gasteiger partial charge in [0.05, 0.1) is 23.4 Å². The highest BCUT2D eigenvalue weighted by molar-refractivity contribution is 7.89. The third-order valence-corrected chi connectivity index (χ3v) is 8.62. The first-order valence-electron chi connectivity index (χ1n) is 11.8. The van der Waals surface area contributed by atoms with Crippen LogP contribution in [0.5, 0.6) is 5.75 Å². The van der Waals surface area contributed by atoms with Crippen LogP contribution in [-0.2, 0) is 10.0 Å². The van der Waals surface area contributed by atoms with Gasteiger partial charge in [0.25, 0.3) is 5.91 Å². The number of fused-ring (bicyclic) bond motifs is 1. The van der Waals surface area contributed by atoms with Crippen molar-refractivity contribution >= 4 is 38.9 Å². The van der Waals surface area contributed by atoms with Crippen molar-refractivity contribution < 1.29 is 17.9 Å². The van der Waals surface area contributed by atoms with Crippen molar-refractivity contribution in [2.45, 2.75) is 31.6 Å². The van der Waals surface area contributed by atoms with E-state index in [2.05, 4.69) is 15.4 Å². The molecule has 0 unspecified atom stereocenters. The predicted octanol–water partition coefficient (Wildman–Crippen LogP) is 4.71. The number of methoxy groups -OCH3 is 1. The van der Waals surface area contributed by atoms with E-state index < -0.39 is 15.9 Å². The zero-order valence-corrected chi connectivity index (χ0v) is 22.2. The van der Waals surface area contributed by atoms with E-state index in [1.807, 2.05) is 19.9 Å². The number of carbonyl (C=O) groups is 1. The minimum atomic E-state index is -3.81. The maximum atomic E-state index is 13.5. The lowest BCUT2D eigenvalue weighted by molar-refractivity contribution is 0.102. The summed E-state index contributed by atoms with van der Waals surface area (Å²) in [5.41, 5.74) is 3.38. The van der Waals surface area contributed by atoms with Gasteiger partial charge >= 0.3 is 0 Å². The average Bonchev–Trinajstić information content (AvgIpc) is 3.54. The van der Waals surface area contributed by atoms with Crippen molar-refractivity contribution in [1.82, 2.24) is 18.9 Å². The van der Waals surface area contributed by atoms with Gasteiger partial charge in [0.15, 0.2) is 11.3 Å². The zero-order valence-electron chi connectivity index (χ0n) is 20.7. The Morgan fingerprint density at radius 1 is 1.08 bits per heavy atom. The summed E-state index contributed by atoms with van der Waals surface area (Å²) in [6, 6.07) is 13.6. The van der Waals surface area contributed by atoms with Crippen LogP contribution in [0.3, 0.4) is 0 Å². The molecule has 0 saturated carbocycles. The Morgan fingerprint density at radius 3 is 2.51 bits per heavy atom. The molecule has 2 aromatic carbocycles. The molecule has 1 saturated heterocycles. The summed E-state index contributed by atoms with van der Waals surface area (Å²) < 4.78 is 35.5. The first-order chi connectivity index (χ1) is 17.7. The number of benzene rings is 2. The number of sulfonamides is 1. The Bertz CT molecular complexity index is 1630. The molecule has 5 rings (SSSR count). The Labute approximate surface area is 220 Å². The van der Waals surface area contributed by atoms with Crippen molar-refractivity contribution in [3.05, 3.63) is 70.6 Å². The number of aromatic nitrogens is 3. The van der Waals surface area contributed by atoms with Gasteiger partial charge in [-0.25, -0.2) is 17.9 Å². The molecule has 9 nitrogen and oxygen atoms in total. The van der Waals surface area contributed by atoms with E-state index >= 15 is 0 Å². The first kappa shape index (κ1) is 25.2. The molecule has 1 N–H and O–H groups in total. The van der Waals surface area contributed by atoms with Crippen molar-refractivity contribution in [1.29, 1.82) is 0 Å². The Hall–Kier alpha value is -3.47.